The molecule has 0 aromatic rings. The molecule has 0 saturated heterocycles. The van der Waals surface area contributed by atoms with Crippen LogP contribution in [-0.4, -0.2) is 6.61 Å². The van der Waals surface area contributed by atoms with Crippen LogP contribution in [0.15, 0.2) is 12.3 Å². The average Bonchev–Trinajstić information content (AvgIpc) is 1.61. The highest BCUT2D eigenvalue weighted by atomic mass is 16.6. The van der Waals surface area contributed by atoms with Gasteiger partial charge in [-0.25, -0.2) is 5.90 Å². The molecular formula is C3H8N2O. The molecule has 0 aliphatic heterocycles. The van der Waals surface area contributed by atoms with Crippen molar-refractivity contribution in [1.29, 1.82) is 0 Å². The Morgan fingerprint density at radius 1 is 1.67 bits per heavy atom. The lowest BCUT2D eigenvalue weighted by atomic mass is 10.7. The highest BCUT2D eigenvalue weighted by molar-refractivity contribution is 4.73. The average molecular weight is 88.1 g/mol. The Bertz CT molecular complexity index is 44.1. The van der Waals surface area contributed by atoms with Gasteiger partial charge in [-0.1, -0.05) is 0 Å². The highest BCUT2D eigenvalue weighted by Crippen LogP contribution is 1.60. The summed E-state index contributed by atoms with van der Waals surface area (Å²) in [6.45, 7) is 0.385. The fourth-order valence-corrected chi connectivity index (χ4v) is 0.111. The van der Waals surface area contributed by atoms with Crippen LogP contribution in [0.1, 0.15) is 0 Å². The van der Waals surface area contributed by atoms with Crippen LogP contribution in [0, 0.1) is 0 Å². The molecule has 0 rings (SSSR count). The Morgan fingerprint density at radius 3 is 2.50 bits per heavy atom. The van der Waals surface area contributed by atoms with Gasteiger partial charge in [0.05, 0.1) is 6.61 Å². The van der Waals surface area contributed by atoms with Gasteiger partial charge in [-0.15, -0.1) is 0 Å². The second kappa shape index (κ2) is 4.46. The standard InChI is InChI=1S/C3H8N2O/c4-2-1-3-6-5/h1-2H,3-5H2. The lowest BCUT2D eigenvalue weighted by Gasteiger charge is -1.81. The summed E-state index contributed by atoms with van der Waals surface area (Å²) in [5, 5.41) is 0. The molecule has 6 heavy (non-hydrogen) atoms. The Balaban J connectivity index is 2.66. The minimum absolute atomic E-state index is 0.385. The van der Waals surface area contributed by atoms with Gasteiger partial charge in [0.15, 0.2) is 0 Å². The van der Waals surface area contributed by atoms with Gasteiger partial charge in [-0.3, -0.25) is 0 Å². The van der Waals surface area contributed by atoms with E-state index in [0.29, 0.717) is 6.61 Å². The Labute approximate surface area is 36.5 Å². The molecule has 0 bridgehead atoms. The molecule has 0 spiro atoms. The van der Waals surface area contributed by atoms with Crippen LogP contribution >= 0.6 is 0 Å². The largest absolute Gasteiger partial charge is 0.405 e. The summed E-state index contributed by atoms with van der Waals surface area (Å²) in [6, 6.07) is 0. The minimum atomic E-state index is 0.385. The van der Waals surface area contributed by atoms with E-state index >= 15 is 0 Å². The van der Waals surface area contributed by atoms with Crippen molar-refractivity contribution < 1.29 is 4.84 Å². The van der Waals surface area contributed by atoms with Crippen molar-refractivity contribution in [3.8, 4) is 0 Å². The zero-order valence-electron chi connectivity index (χ0n) is 3.42. The molecule has 0 aromatic carbocycles. The Morgan fingerprint density at radius 2 is 2.33 bits per heavy atom. The zero-order valence-corrected chi connectivity index (χ0v) is 3.42. The quantitative estimate of drug-likeness (QED) is 0.441. The third-order valence-electron chi connectivity index (χ3n) is 0.329. The van der Waals surface area contributed by atoms with Crippen molar-refractivity contribution in [2.45, 2.75) is 0 Å². The number of rotatable bonds is 2. The monoisotopic (exact) mass is 88.1 g/mol. The van der Waals surface area contributed by atoms with Crippen LogP contribution in [0.5, 0.6) is 0 Å². The highest BCUT2D eigenvalue weighted by Gasteiger charge is 1.63. The summed E-state index contributed by atoms with van der Waals surface area (Å²) in [6.07, 6.45) is 2.99. The first-order chi connectivity index (χ1) is 2.91. The van der Waals surface area contributed by atoms with Gasteiger partial charge in [-0.05, 0) is 12.3 Å². The number of nitrogens with two attached hydrogens (primary N) is 2. The van der Waals surface area contributed by atoms with Crippen molar-refractivity contribution in [2.75, 3.05) is 6.61 Å². The molecule has 4 N–H and O–H groups in total. The molecule has 0 aromatic heterocycles. The van der Waals surface area contributed by atoms with Crippen molar-refractivity contribution in [2.24, 2.45) is 11.6 Å². The van der Waals surface area contributed by atoms with Gasteiger partial charge < -0.3 is 10.6 Å². The van der Waals surface area contributed by atoms with Crippen LogP contribution in [0.3, 0.4) is 0 Å². The van der Waals surface area contributed by atoms with Gasteiger partial charge in [0, 0.05) is 0 Å². The summed E-state index contributed by atoms with van der Waals surface area (Å²) in [7, 11) is 0. The first kappa shape index (κ1) is 5.46. The van der Waals surface area contributed by atoms with Crippen LogP contribution < -0.4 is 11.6 Å². The first-order valence-corrected chi connectivity index (χ1v) is 1.60. The van der Waals surface area contributed by atoms with Gasteiger partial charge in [0.1, 0.15) is 0 Å². The molecule has 0 atom stereocenters. The molecule has 3 heteroatoms. The summed E-state index contributed by atoms with van der Waals surface area (Å²) in [5.41, 5.74) is 4.90. The first-order valence-electron chi connectivity index (χ1n) is 1.60. The van der Waals surface area contributed by atoms with Crippen LogP contribution in [0.2, 0.25) is 0 Å². The number of hydrogen-bond donors (Lipinski definition) is 2. The molecule has 0 radical (unpaired) electrons. The van der Waals surface area contributed by atoms with E-state index in [9.17, 15) is 0 Å². The van der Waals surface area contributed by atoms with E-state index in [4.69, 9.17) is 5.73 Å². The fourth-order valence-electron chi connectivity index (χ4n) is 0.111. The number of hydrogen-bond acceptors (Lipinski definition) is 3. The van der Waals surface area contributed by atoms with Crippen molar-refractivity contribution in [3.05, 3.63) is 12.3 Å². The van der Waals surface area contributed by atoms with E-state index < -0.39 is 0 Å². The molecule has 3 nitrogen and oxygen atoms in total. The Hall–Kier alpha value is -0.540. The molecule has 0 heterocycles. The summed E-state index contributed by atoms with van der Waals surface area (Å²) in [5.74, 6) is 4.61. The fraction of sp³-hybridized carbons (Fsp3) is 0.333. The zero-order chi connectivity index (χ0) is 4.83. The second-order valence-corrected chi connectivity index (χ2v) is 0.761. The van der Waals surface area contributed by atoms with Crippen LogP contribution in [0.4, 0.5) is 0 Å². The maximum absolute atomic E-state index is 4.90. The SMILES string of the molecule is NC=CCON. The molecule has 0 saturated carbocycles. The smallest absolute Gasteiger partial charge is 0.0877 e. The third-order valence-corrected chi connectivity index (χ3v) is 0.329. The normalized spacial score (nSPS) is 10.2. The van der Waals surface area contributed by atoms with E-state index in [0.717, 1.165) is 0 Å². The van der Waals surface area contributed by atoms with E-state index in [2.05, 4.69) is 10.7 Å². The molecule has 0 unspecified atom stereocenters. The third kappa shape index (κ3) is 3.46. The molecule has 0 aliphatic rings. The van der Waals surface area contributed by atoms with Crippen LogP contribution in [-0.2, 0) is 4.84 Å². The second-order valence-electron chi connectivity index (χ2n) is 0.761. The van der Waals surface area contributed by atoms with E-state index in [-0.39, 0.29) is 0 Å². The van der Waals surface area contributed by atoms with Crippen molar-refractivity contribution >= 4 is 0 Å². The van der Waals surface area contributed by atoms with E-state index in [1.54, 1.807) is 6.08 Å². The molecular weight excluding hydrogens is 80.0 g/mol. The van der Waals surface area contributed by atoms with E-state index in [1.807, 2.05) is 0 Å². The van der Waals surface area contributed by atoms with Gasteiger partial charge >= 0.3 is 0 Å². The van der Waals surface area contributed by atoms with Gasteiger partial charge in [0.2, 0.25) is 0 Å². The molecule has 0 amide bonds. The van der Waals surface area contributed by atoms with Crippen molar-refractivity contribution in [3.63, 3.8) is 0 Å². The maximum atomic E-state index is 4.90. The maximum Gasteiger partial charge on any atom is 0.0877 e. The lowest BCUT2D eigenvalue weighted by molar-refractivity contribution is 0.168. The molecule has 36 valence electrons. The summed E-state index contributed by atoms with van der Waals surface area (Å²) >= 11 is 0. The van der Waals surface area contributed by atoms with E-state index in [1.165, 1.54) is 6.20 Å². The molecule has 0 aliphatic carbocycles. The predicted octanol–water partition coefficient (Wildman–Crippen LogP) is -0.651. The minimum Gasteiger partial charge on any atom is -0.405 e. The topological polar surface area (TPSA) is 61.3 Å². The van der Waals surface area contributed by atoms with Gasteiger partial charge in [0.25, 0.3) is 0 Å². The summed E-state index contributed by atoms with van der Waals surface area (Å²) < 4.78 is 0. The van der Waals surface area contributed by atoms with Crippen LogP contribution in [0.25, 0.3) is 0 Å². The lowest BCUT2D eigenvalue weighted by Crippen LogP contribution is -1.97. The summed E-state index contributed by atoms with van der Waals surface area (Å²) in [4.78, 5) is 4.12. The van der Waals surface area contributed by atoms with Crippen molar-refractivity contribution in [1.82, 2.24) is 0 Å². The molecule has 0 fully saturated rings. The Kier molecular flexibility index (Phi) is 4.06. The predicted molar refractivity (Wildman–Crippen MR) is 23.5 cm³/mol. The van der Waals surface area contributed by atoms with Gasteiger partial charge in [-0.2, -0.15) is 0 Å².